The summed E-state index contributed by atoms with van der Waals surface area (Å²) >= 11 is 4.84. The Hall–Kier alpha value is -4.48. The largest absolute Gasteiger partial charge is 0.490 e. The Morgan fingerprint density at radius 1 is 1.02 bits per heavy atom. The topological polar surface area (TPSA) is 116 Å². The molecule has 0 saturated heterocycles. The van der Waals surface area contributed by atoms with Crippen molar-refractivity contribution >= 4 is 45.3 Å². The van der Waals surface area contributed by atoms with Crippen LogP contribution in [0, 0.1) is 6.92 Å². The minimum atomic E-state index is -0.993. The third-order valence-corrected chi connectivity index (χ3v) is 8.70. The van der Waals surface area contributed by atoms with Crippen molar-refractivity contribution in [2.45, 2.75) is 40.3 Å². The van der Waals surface area contributed by atoms with Gasteiger partial charge in [0, 0.05) is 0 Å². The zero-order valence-corrected chi connectivity index (χ0v) is 27.5. The second-order valence-corrected chi connectivity index (χ2v) is 12.1. The number of carbonyl (C=O) groups is 2. The van der Waals surface area contributed by atoms with Crippen LogP contribution in [0.4, 0.5) is 0 Å². The van der Waals surface area contributed by atoms with Crippen LogP contribution in [0.15, 0.2) is 86.2 Å². The SMILES string of the molecule is CCOC(=O)C1=C(C)N=c2s/c(=C/c3cc(Br)c(OCc4ccc(C(=O)O)cc4)c(OCC)c3)c(=O)n2[C@@H]1c1ccc(C)cc1. The molecule has 0 saturated carbocycles. The molecular formula is C34H31BrN2O7S. The van der Waals surface area contributed by atoms with Gasteiger partial charge in [-0.1, -0.05) is 53.3 Å². The lowest BCUT2D eigenvalue weighted by Crippen LogP contribution is -2.39. The van der Waals surface area contributed by atoms with E-state index in [4.69, 9.17) is 19.3 Å². The zero-order chi connectivity index (χ0) is 32.2. The van der Waals surface area contributed by atoms with Crippen LogP contribution in [0.2, 0.25) is 0 Å². The number of hydrogen-bond donors (Lipinski definition) is 1. The molecule has 1 aromatic heterocycles. The molecule has 0 spiro atoms. The normalized spacial score (nSPS) is 14.5. The van der Waals surface area contributed by atoms with E-state index in [-0.39, 0.29) is 24.3 Å². The molecule has 9 nitrogen and oxygen atoms in total. The summed E-state index contributed by atoms with van der Waals surface area (Å²) in [5, 5.41) is 9.15. The molecule has 4 aromatic rings. The van der Waals surface area contributed by atoms with Gasteiger partial charge in [-0.05, 0) is 90.7 Å². The summed E-state index contributed by atoms with van der Waals surface area (Å²) in [6.07, 6.45) is 1.76. The lowest BCUT2D eigenvalue weighted by Gasteiger charge is -2.24. The average Bonchev–Trinajstić information content (AvgIpc) is 3.30. The van der Waals surface area contributed by atoms with E-state index >= 15 is 0 Å². The molecule has 0 bridgehead atoms. The number of rotatable bonds is 10. The number of carboxylic acids is 1. The maximum atomic E-state index is 14.0. The van der Waals surface area contributed by atoms with Gasteiger partial charge in [-0.2, -0.15) is 0 Å². The smallest absolute Gasteiger partial charge is 0.338 e. The third-order valence-electron chi connectivity index (χ3n) is 7.12. The molecule has 1 N–H and O–H groups in total. The zero-order valence-electron chi connectivity index (χ0n) is 25.1. The van der Waals surface area contributed by atoms with Crippen molar-refractivity contribution in [1.82, 2.24) is 4.57 Å². The molecule has 232 valence electrons. The van der Waals surface area contributed by atoms with Crippen LogP contribution in [-0.2, 0) is 16.1 Å². The summed E-state index contributed by atoms with van der Waals surface area (Å²) in [6.45, 7) is 8.12. The van der Waals surface area contributed by atoms with E-state index in [9.17, 15) is 14.4 Å². The summed E-state index contributed by atoms with van der Waals surface area (Å²) in [4.78, 5) is 43.4. The number of hydrogen-bond acceptors (Lipinski definition) is 8. The van der Waals surface area contributed by atoms with Gasteiger partial charge in [0.2, 0.25) is 0 Å². The number of benzene rings is 3. The summed E-state index contributed by atoms with van der Waals surface area (Å²) in [7, 11) is 0. The Kier molecular flexibility index (Phi) is 9.69. The molecule has 0 aliphatic carbocycles. The number of thiazole rings is 1. The van der Waals surface area contributed by atoms with Crippen LogP contribution in [0.3, 0.4) is 0 Å². The highest BCUT2D eigenvalue weighted by Crippen LogP contribution is 2.38. The summed E-state index contributed by atoms with van der Waals surface area (Å²) in [5.41, 5.74) is 4.09. The maximum Gasteiger partial charge on any atom is 0.338 e. The Bertz CT molecular complexity index is 1980. The maximum absolute atomic E-state index is 14.0. The first kappa shape index (κ1) is 31.9. The fourth-order valence-corrected chi connectivity index (χ4v) is 6.60. The number of carbonyl (C=O) groups excluding carboxylic acids is 1. The number of carboxylic acid groups (broad SMARTS) is 1. The van der Waals surface area contributed by atoms with E-state index in [1.165, 1.54) is 23.5 Å². The molecule has 1 aliphatic rings. The van der Waals surface area contributed by atoms with E-state index in [1.54, 1.807) is 42.7 Å². The molecule has 0 unspecified atom stereocenters. The van der Waals surface area contributed by atoms with Crippen molar-refractivity contribution in [2.24, 2.45) is 4.99 Å². The molecule has 0 radical (unpaired) electrons. The number of nitrogens with zero attached hydrogens (tertiary/aromatic N) is 2. The van der Waals surface area contributed by atoms with E-state index < -0.39 is 18.0 Å². The lowest BCUT2D eigenvalue weighted by molar-refractivity contribution is -0.139. The van der Waals surface area contributed by atoms with Crippen molar-refractivity contribution in [3.8, 4) is 11.5 Å². The van der Waals surface area contributed by atoms with Crippen molar-refractivity contribution in [1.29, 1.82) is 0 Å². The molecule has 45 heavy (non-hydrogen) atoms. The number of halogens is 1. The molecule has 5 rings (SSSR count). The fourth-order valence-electron chi connectivity index (χ4n) is 4.98. The molecular weight excluding hydrogens is 660 g/mol. The van der Waals surface area contributed by atoms with Crippen molar-refractivity contribution in [3.63, 3.8) is 0 Å². The van der Waals surface area contributed by atoms with Gasteiger partial charge in [-0.15, -0.1) is 0 Å². The number of allylic oxidation sites excluding steroid dienone is 1. The minimum absolute atomic E-state index is 0.192. The molecule has 11 heteroatoms. The van der Waals surface area contributed by atoms with Crippen LogP contribution in [0.25, 0.3) is 6.08 Å². The van der Waals surface area contributed by atoms with Gasteiger partial charge in [0.1, 0.15) is 6.61 Å². The molecule has 0 amide bonds. The number of fused-ring (bicyclic) bond motifs is 1. The van der Waals surface area contributed by atoms with Gasteiger partial charge in [0.05, 0.1) is 45.1 Å². The first-order chi connectivity index (χ1) is 21.6. The number of esters is 1. The lowest BCUT2D eigenvalue weighted by atomic mass is 9.95. The van der Waals surface area contributed by atoms with Gasteiger partial charge < -0.3 is 19.3 Å². The Balaban J connectivity index is 1.54. The van der Waals surface area contributed by atoms with E-state index in [0.29, 0.717) is 48.7 Å². The second kappa shape index (κ2) is 13.7. The van der Waals surface area contributed by atoms with Gasteiger partial charge in [0.15, 0.2) is 16.3 Å². The van der Waals surface area contributed by atoms with Crippen LogP contribution in [0.5, 0.6) is 11.5 Å². The van der Waals surface area contributed by atoms with E-state index in [0.717, 1.165) is 16.7 Å². The summed E-state index contributed by atoms with van der Waals surface area (Å²) in [5.74, 6) is -0.540. The highest BCUT2D eigenvalue weighted by Gasteiger charge is 2.33. The van der Waals surface area contributed by atoms with Crippen LogP contribution < -0.4 is 24.4 Å². The molecule has 1 aliphatic heterocycles. The quantitative estimate of drug-likeness (QED) is 0.217. The predicted molar refractivity (Wildman–Crippen MR) is 175 cm³/mol. The number of ether oxygens (including phenoxy) is 3. The first-order valence-electron chi connectivity index (χ1n) is 14.3. The van der Waals surface area contributed by atoms with E-state index in [2.05, 4.69) is 20.9 Å². The van der Waals surface area contributed by atoms with Crippen molar-refractivity contribution in [2.75, 3.05) is 13.2 Å². The molecule has 1 atom stereocenters. The van der Waals surface area contributed by atoms with Crippen LogP contribution >= 0.6 is 27.3 Å². The Morgan fingerprint density at radius 3 is 2.38 bits per heavy atom. The summed E-state index contributed by atoms with van der Waals surface area (Å²) in [6, 6.07) is 17.1. The van der Waals surface area contributed by atoms with Crippen LogP contribution in [0.1, 0.15) is 59.4 Å². The monoisotopic (exact) mass is 690 g/mol. The predicted octanol–water partition coefficient (Wildman–Crippen LogP) is 5.55. The first-order valence-corrected chi connectivity index (χ1v) is 15.9. The highest BCUT2D eigenvalue weighted by molar-refractivity contribution is 9.10. The van der Waals surface area contributed by atoms with Gasteiger partial charge in [-0.25, -0.2) is 14.6 Å². The van der Waals surface area contributed by atoms with Gasteiger partial charge >= 0.3 is 11.9 Å². The fraction of sp³-hybridized carbons (Fsp3) is 0.235. The average molecular weight is 692 g/mol. The van der Waals surface area contributed by atoms with Gasteiger partial charge in [-0.3, -0.25) is 9.36 Å². The molecule has 3 aromatic carbocycles. The highest BCUT2D eigenvalue weighted by atomic mass is 79.9. The van der Waals surface area contributed by atoms with Gasteiger partial charge in [0.25, 0.3) is 5.56 Å². The minimum Gasteiger partial charge on any atom is -0.490 e. The summed E-state index contributed by atoms with van der Waals surface area (Å²) < 4.78 is 20.0. The Labute approximate surface area is 271 Å². The number of aromatic carboxylic acids is 1. The van der Waals surface area contributed by atoms with Crippen molar-refractivity contribution in [3.05, 3.63) is 124 Å². The second-order valence-electron chi connectivity index (χ2n) is 10.3. The standard InChI is InChI=1S/C34H31BrN2O7S/c1-5-42-26-16-22(15-25(35)30(26)44-18-21-9-13-24(14-10-21)32(39)40)17-27-31(38)37-29(23-11-7-19(3)8-12-23)28(33(41)43-6-2)20(4)36-34(37)45-27/h7-17,29H,5-6,18H2,1-4H3,(H,39,40)/b27-17+/t29-/m1/s1. The molecule has 2 heterocycles. The van der Waals surface area contributed by atoms with E-state index in [1.807, 2.05) is 44.2 Å². The molecule has 0 fully saturated rings. The van der Waals surface area contributed by atoms with Crippen LogP contribution in [-0.4, -0.2) is 34.8 Å². The number of aromatic nitrogens is 1. The number of aryl methyl sites for hydroxylation is 1. The Morgan fingerprint density at radius 2 is 1.73 bits per heavy atom. The van der Waals surface area contributed by atoms with Crippen molar-refractivity contribution < 1.29 is 28.9 Å². The third kappa shape index (κ3) is 6.79.